The first kappa shape index (κ1) is 71.9. The molecule has 9 rings (SSSR count). The van der Waals surface area contributed by atoms with Crippen LogP contribution in [0.2, 0.25) is 0 Å². The molecule has 0 bridgehead atoms. The number of aromatic hydroxyl groups is 2. The van der Waals surface area contributed by atoms with Crippen molar-refractivity contribution in [2.45, 2.75) is 171 Å². The summed E-state index contributed by atoms with van der Waals surface area (Å²) in [6, 6.07) is 51.7. The zero-order valence-electron chi connectivity index (χ0n) is 54.6. The van der Waals surface area contributed by atoms with E-state index in [1.54, 1.807) is 30.6 Å². The van der Waals surface area contributed by atoms with E-state index >= 15 is 0 Å². The summed E-state index contributed by atoms with van der Waals surface area (Å²) in [4.78, 5) is 9.19. The zero-order valence-corrected chi connectivity index (χ0v) is 59.1. The van der Waals surface area contributed by atoms with Crippen LogP contribution in [0.25, 0.3) is 33.6 Å². The molecule has 0 spiro atoms. The molecule has 0 atom stereocenters. The number of aliphatic imine (C=N–C) groups is 2. The van der Waals surface area contributed by atoms with E-state index in [1.165, 1.54) is 61.6 Å². The van der Waals surface area contributed by atoms with Gasteiger partial charge in [0.25, 0.3) is 0 Å². The van der Waals surface area contributed by atoms with Crippen molar-refractivity contribution in [3.63, 3.8) is 0 Å². The number of unbranched alkanes of at least 4 members (excludes halogenated alkanes) is 9. The van der Waals surface area contributed by atoms with Crippen molar-refractivity contribution in [3.8, 4) is 56.6 Å². The van der Waals surface area contributed by atoms with Gasteiger partial charge in [-0.05, 0) is 147 Å². The Labute approximate surface area is 565 Å². The Balaban J connectivity index is 0.000000316. The van der Waals surface area contributed by atoms with Crippen LogP contribution in [0.15, 0.2) is 156 Å². The van der Waals surface area contributed by atoms with Crippen LogP contribution in [0, 0.1) is 39.8 Å². The van der Waals surface area contributed by atoms with Gasteiger partial charge >= 0.3 is 21.1 Å². The van der Waals surface area contributed by atoms with Crippen LogP contribution in [0.1, 0.15) is 181 Å². The van der Waals surface area contributed by atoms with E-state index in [2.05, 4.69) is 150 Å². The van der Waals surface area contributed by atoms with Gasteiger partial charge in [-0.1, -0.05) is 160 Å². The van der Waals surface area contributed by atoms with E-state index in [0.717, 1.165) is 119 Å². The number of phenolic OH excluding ortho intramolecular Hbond substituents is 2. The topological polar surface area (TPSA) is 119 Å². The summed E-state index contributed by atoms with van der Waals surface area (Å²) < 4.78 is 15.9. The maximum Gasteiger partial charge on any atom is 2.00 e. The van der Waals surface area contributed by atoms with Gasteiger partial charge in [0, 0.05) is 80.0 Å². The van der Waals surface area contributed by atoms with Gasteiger partial charge in [-0.3, -0.25) is 19.3 Å². The van der Waals surface area contributed by atoms with Crippen molar-refractivity contribution < 1.29 is 61.8 Å². The molecule has 478 valence electrons. The van der Waals surface area contributed by atoms with Crippen molar-refractivity contribution in [2.24, 2.45) is 9.98 Å². The molecule has 0 saturated heterocycles. The van der Waals surface area contributed by atoms with Crippen molar-refractivity contribution in [1.29, 1.82) is 0 Å². The van der Waals surface area contributed by atoms with Gasteiger partial charge in [0.2, 0.25) is 0 Å². The minimum Gasteiger partial charge on any atom is -0.519 e. The Hall–Kier alpha value is -7.12. The summed E-state index contributed by atoms with van der Waals surface area (Å²) in [5.74, 6) is 1.80. The fourth-order valence-electron chi connectivity index (χ4n) is 10.8. The van der Waals surface area contributed by atoms with E-state index in [9.17, 15) is 10.2 Å². The molecular formula is C78H92N6O4Pt2. The molecule has 2 heterocycles. The Morgan fingerprint density at radius 2 is 0.922 bits per heavy atom. The van der Waals surface area contributed by atoms with Crippen molar-refractivity contribution in [3.05, 3.63) is 214 Å². The summed E-state index contributed by atoms with van der Waals surface area (Å²) in [6.45, 7) is 22.8. The Bertz CT molecular complexity index is 3730. The van der Waals surface area contributed by atoms with E-state index in [-0.39, 0.29) is 53.6 Å². The quantitative estimate of drug-likeness (QED) is 0.0274. The molecule has 7 aromatic carbocycles. The average molecular weight is 1570 g/mol. The van der Waals surface area contributed by atoms with Gasteiger partial charge in [-0.2, -0.15) is 46.1 Å². The minimum absolute atomic E-state index is 0. The van der Waals surface area contributed by atoms with Crippen molar-refractivity contribution in [1.82, 2.24) is 19.6 Å². The van der Waals surface area contributed by atoms with E-state index in [1.807, 2.05) is 78.7 Å². The molecule has 0 aliphatic rings. The predicted octanol–water partition coefficient (Wildman–Crippen LogP) is 20.1. The van der Waals surface area contributed by atoms with Crippen LogP contribution in [-0.2, 0) is 60.4 Å². The van der Waals surface area contributed by atoms with E-state index in [4.69, 9.17) is 19.7 Å². The SMILES string of the molecule is CCCCCCCCCCOc1cc[c-]c(-n2cc(-c3ccc(CCC)cc3)c(C(C)(C)c3nn(-c4[c-]ccc(C)c4)cc3-c3ccc(CCC)cc3)n2)c1.CCCCCOc1ccc(C=Nc2cc(C)c(C)cc2N=Cc2ccc(C)cc2O)c(O)c1.[Pt+2].[Pt]. The molecule has 2 N–H and O–H groups in total. The second-order valence-electron chi connectivity index (χ2n) is 24.0. The molecule has 0 radical (unpaired) electrons. The number of benzene rings is 7. The van der Waals surface area contributed by atoms with E-state index < -0.39 is 5.41 Å². The summed E-state index contributed by atoms with van der Waals surface area (Å²) in [5.41, 5.74) is 17.2. The molecule has 9 aromatic rings. The standard InChI is InChI=1S/C50H60N4O.C28H32N2O3.2Pt/c1-7-10-11-12-13-14-15-16-33-55-45-24-18-23-44(35-45)54-37-47(42-31-27-40(20-9-3)28-32-42)49(52-54)50(5,6)48-46(41-29-25-39(19-8-2)26-30-41)36-53(51-48)43-22-17-21-38(4)34-43;1-5-6-7-12-33-24-11-10-23(28(32)16-24)18-30-26-15-21(4)20(3)14-25(26)29-17-22-9-8-19(2)13-27(22)31;;/h17-18,21,24-32,34-37H,7-16,19-20,33H2,1-6H3;8-11,13-18,31-32H,5-7,12H2,1-4H3;;/q-2;;;+2. The first-order chi connectivity index (χ1) is 42.7. The Kier molecular flexibility index (Phi) is 28.8. The van der Waals surface area contributed by atoms with Crippen LogP contribution >= 0.6 is 0 Å². The second kappa shape index (κ2) is 36.1. The average Bonchev–Trinajstić information content (AvgIpc) is 1.59. The summed E-state index contributed by atoms with van der Waals surface area (Å²) >= 11 is 0. The second-order valence-corrected chi connectivity index (χ2v) is 24.0. The molecule has 0 aliphatic heterocycles. The zero-order chi connectivity index (χ0) is 62.4. The molecule has 0 fully saturated rings. The molecular weight excluding hydrogens is 1480 g/mol. The van der Waals surface area contributed by atoms with E-state index in [0.29, 0.717) is 41.5 Å². The maximum atomic E-state index is 10.4. The molecule has 90 heavy (non-hydrogen) atoms. The summed E-state index contributed by atoms with van der Waals surface area (Å²) in [6.07, 6.45) is 25.4. The monoisotopic (exact) mass is 1570 g/mol. The third-order valence-electron chi connectivity index (χ3n) is 16.2. The maximum absolute atomic E-state index is 10.4. The number of hydrogen-bond acceptors (Lipinski definition) is 8. The smallest absolute Gasteiger partial charge is 0.519 e. The van der Waals surface area contributed by atoms with Crippen molar-refractivity contribution >= 4 is 23.8 Å². The number of nitrogens with zero attached hydrogens (tertiary/aromatic N) is 6. The number of aryl methyl sites for hydroxylation is 6. The summed E-state index contributed by atoms with van der Waals surface area (Å²) in [7, 11) is 0. The molecule has 0 unspecified atom stereocenters. The molecule has 12 heteroatoms. The Morgan fingerprint density at radius 3 is 1.41 bits per heavy atom. The number of ether oxygens (including phenoxy) is 2. The largest absolute Gasteiger partial charge is 2.00 e. The van der Waals surface area contributed by atoms with Crippen LogP contribution < -0.4 is 9.47 Å². The van der Waals surface area contributed by atoms with Gasteiger partial charge in [0.1, 0.15) is 17.2 Å². The fraction of sp³-hybridized carbons (Fsp3) is 0.359. The van der Waals surface area contributed by atoms with Gasteiger partial charge in [0.15, 0.2) is 0 Å². The molecule has 0 amide bonds. The number of phenols is 2. The first-order valence-corrected chi connectivity index (χ1v) is 32.1. The van der Waals surface area contributed by atoms with Gasteiger partial charge < -0.3 is 19.7 Å². The van der Waals surface area contributed by atoms with Crippen LogP contribution in [-0.4, -0.2) is 55.4 Å². The fourth-order valence-corrected chi connectivity index (χ4v) is 10.8. The predicted molar refractivity (Wildman–Crippen MR) is 365 cm³/mol. The van der Waals surface area contributed by atoms with Crippen LogP contribution in [0.3, 0.4) is 0 Å². The van der Waals surface area contributed by atoms with Crippen molar-refractivity contribution in [2.75, 3.05) is 13.2 Å². The minimum atomic E-state index is -0.584. The Morgan fingerprint density at radius 1 is 0.489 bits per heavy atom. The van der Waals surface area contributed by atoms with Crippen LogP contribution in [0.4, 0.5) is 11.4 Å². The molecule has 0 saturated carbocycles. The van der Waals surface area contributed by atoms with Gasteiger partial charge in [-0.15, -0.1) is 18.2 Å². The number of aromatic nitrogens is 4. The first-order valence-electron chi connectivity index (χ1n) is 32.1. The molecule has 10 nitrogen and oxygen atoms in total. The van der Waals surface area contributed by atoms with Gasteiger partial charge in [-0.25, -0.2) is 0 Å². The number of rotatable bonds is 29. The third-order valence-corrected chi connectivity index (χ3v) is 16.2. The van der Waals surface area contributed by atoms with Crippen LogP contribution in [0.5, 0.6) is 23.0 Å². The third kappa shape index (κ3) is 20.2. The normalized spacial score (nSPS) is 11.4. The van der Waals surface area contributed by atoms with Gasteiger partial charge in [0.05, 0.1) is 41.4 Å². The molecule has 2 aromatic heterocycles. The number of hydrogen-bond donors (Lipinski definition) is 2. The molecule has 0 aliphatic carbocycles. The summed E-state index contributed by atoms with van der Waals surface area (Å²) in [5, 5.41) is 31.3.